The normalized spacial score (nSPS) is 15.2. The third-order valence-corrected chi connectivity index (χ3v) is 5.77. The van der Waals surface area contributed by atoms with E-state index in [1.54, 1.807) is 0 Å². The molecule has 1 aliphatic carbocycles. The topological polar surface area (TPSA) is 46.8 Å². The summed E-state index contributed by atoms with van der Waals surface area (Å²) in [4.78, 5) is 19.5. The van der Waals surface area contributed by atoms with Gasteiger partial charge in [-0.1, -0.05) is 36.4 Å². The SMILES string of the molecule is CN(C(=O)c1cccc(OCc2cn3ccccc3n2)c1)C1CCc2ccccc21. The number of aromatic nitrogens is 2. The molecule has 0 bridgehead atoms. The standard InChI is InChI=1S/C25H23N3O2/c1-27(23-13-12-18-7-2-3-10-22(18)23)25(29)19-8-6-9-21(15-19)30-17-20-16-28-14-5-4-11-24(28)26-20/h2-11,14-16,23H,12-13,17H2,1H3. The van der Waals surface area contributed by atoms with Gasteiger partial charge in [0, 0.05) is 25.0 Å². The first-order chi connectivity index (χ1) is 14.7. The van der Waals surface area contributed by atoms with Crippen molar-refractivity contribution in [3.05, 3.63) is 102 Å². The van der Waals surface area contributed by atoms with Gasteiger partial charge < -0.3 is 14.0 Å². The number of pyridine rings is 1. The van der Waals surface area contributed by atoms with E-state index in [1.807, 2.05) is 77.3 Å². The predicted molar refractivity (Wildman–Crippen MR) is 116 cm³/mol. The van der Waals surface area contributed by atoms with Crippen molar-refractivity contribution in [2.45, 2.75) is 25.5 Å². The molecule has 0 saturated heterocycles. The minimum Gasteiger partial charge on any atom is -0.487 e. The summed E-state index contributed by atoms with van der Waals surface area (Å²) in [6.07, 6.45) is 5.89. The van der Waals surface area contributed by atoms with Gasteiger partial charge in [-0.3, -0.25) is 4.79 Å². The molecule has 5 nitrogen and oxygen atoms in total. The van der Waals surface area contributed by atoms with Gasteiger partial charge in [0.05, 0.1) is 11.7 Å². The summed E-state index contributed by atoms with van der Waals surface area (Å²) in [6, 6.07) is 21.8. The van der Waals surface area contributed by atoms with Crippen molar-refractivity contribution in [2.75, 3.05) is 7.05 Å². The number of imidazole rings is 1. The molecule has 0 aliphatic heterocycles. The van der Waals surface area contributed by atoms with Crippen LogP contribution < -0.4 is 4.74 Å². The molecular formula is C25H23N3O2. The Morgan fingerprint density at radius 2 is 2.00 bits per heavy atom. The molecule has 0 N–H and O–H groups in total. The van der Waals surface area contributed by atoms with Crippen LogP contribution in [-0.4, -0.2) is 27.2 Å². The van der Waals surface area contributed by atoms with Crippen LogP contribution in [0.1, 0.15) is 39.6 Å². The highest BCUT2D eigenvalue weighted by atomic mass is 16.5. The van der Waals surface area contributed by atoms with Crippen LogP contribution in [0.3, 0.4) is 0 Å². The van der Waals surface area contributed by atoms with Crippen LogP contribution in [0, 0.1) is 0 Å². The van der Waals surface area contributed by atoms with E-state index in [9.17, 15) is 4.79 Å². The van der Waals surface area contributed by atoms with Crippen molar-refractivity contribution in [3.63, 3.8) is 0 Å². The van der Waals surface area contributed by atoms with Crippen LogP contribution in [0.5, 0.6) is 5.75 Å². The van der Waals surface area contributed by atoms with E-state index in [-0.39, 0.29) is 11.9 Å². The molecule has 5 heteroatoms. The number of aryl methyl sites for hydroxylation is 1. The molecule has 1 unspecified atom stereocenters. The Kier molecular flexibility index (Phi) is 4.71. The van der Waals surface area contributed by atoms with E-state index in [4.69, 9.17) is 4.74 Å². The molecule has 1 amide bonds. The van der Waals surface area contributed by atoms with Crippen LogP contribution in [0.25, 0.3) is 5.65 Å². The Morgan fingerprint density at radius 1 is 1.13 bits per heavy atom. The highest BCUT2D eigenvalue weighted by molar-refractivity contribution is 5.94. The molecule has 2 aromatic heterocycles. The van der Waals surface area contributed by atoms with Gasteiger partial charge in [-0.25, -0.2) is 4.98 Å². The molecule has 4 aromatic rings. The first-order valence-electron chi connectivity index (χ1n) is 10.2. The number of fused-ring (bicyclic) bond motifs is 2. The second-order valence-electron chi connectivity index (χ2n) is 7.68. The summed E-state index contributed by atoms with van der Waals surface area (Å²) in [5, 5.41) is 0. The smallest absolute Gasteiger partial charge is 0.254 e. The van der Waals surface area contributed by atoms with Crippen molar-refractivity contribution in [3.8, 4) is 5.75 Å². The minimum absolute atomic E-state index is 0.00915. The average molecular weight is 397 g/mol. The fourth-order valence-electron chi connectivity index (χ4n) is 4.22. The van der Waals surface area contributed by atoms with Gasteiger partial charge >= 0.3 is 0 Å². The van der Waals surface area contributed by atoms with Crippen molar-refractivity contribution >= 4 is 11.6 Å². The molecule has 1 aliphatic rings. The Balaban J connectivity index is 1.30. The Morgan fingerprint density at radius 3 is 2.90 bits per heavy atom. The van der Waals surface area contributed by atoms with Crippen LogP contribution in [0.15, 0.2) is 79.1 Å². The van der Waals surface area contributed by atoms with Gasteiger partial charge in [-0.2, -0.15) is 0 Å². The Bertz CT molecular complexity index is 1180. The first kappa shape index (κ1) is 18.4. The van der Waals surface area contributed by atoms with Gasteiger partial charge in [0.25, 0.3) is 5.91 Å². The Labute approximate surface area is 175 Å². The molecule has 5 rings (SSSR count). The maximum absolute atomic E-state index is 13.1. The van der Waals surface area contributed by atoms with Crippen LogP contribution in [-0.2, 0) is 13.0 Å². The van der Waals surface area contributed by atoms with E-state index in [0.717, 1.165) is 24.2 Å². The molecule has 30 heavy (non-hydrogen) atoms. The predicted octanol–water partition coefficient (Wildman–Crippen LogP) is 4.67. The van der Waals surface area contributed by atoms with Crippen molar-refractivity contribution in [1.82, 2.24) is 14.3 Å². The van der Waals surface area contributed by atoms with Gasteiger partial charge in [-0.15, -0.1) is 0 Å². The van der Waals surface area contributed by atoms with Crippen LogP contribution >= 0.6 is 0 Å². The van der Waals surface area contributed by atoms with Crippen molar-refractivity contribution < 1.29 is 9.53 Å². The van der Waals surface area contributed by atoms with E-state index in [1.165, 1.54) is 11.1 Å². The molecule has 0 saturated carbocycles. The molecule has 0 fully saturated rings. The van der Waals surface area contributed by atoms with Gasteiger partial charge in [0.15, 0.2) is 0 Å². The van der Waals surface area contributed by atoms with Gasteiger partial charge in [0.2, 0.25) is 0 Å². The molecule has 1 atom stereocenters. The quantitative estimate of drug-likeness (QED) is 0.492. The molecule has 2 aromatic carbocycles. The van der Waals surface area contributed by atoms with E-state index >= 15 is 0 Å². The van der Waals surface area contributed by atoms with Crippen LogP contribution in [0.4, 0.5) is 0 Å². The monoisotopic (exact) mass is 397 g/mol. The number of benzene rings is 2. The summed E-state index contributed by atoms with van der Waals surface area (Å²) in [6.45, 7) is 0.352. The molecule has 2 heterocycles. The number of amides is 1. The number of rotatable bonds is 5. The number of carbonyl (C=O) groups is 1. The summed E-state index contributed by atoms with van der Waals surface area (Å²) >= 11 is 0. The van der Waals surface area contributed by atoms with Gasteiger partial charge in [-0.05, 0) is 54.3 Å². The number of hydrogen-bond donors (Lipinski definition) is 0. The maximum Gasteiger partial charge on any atom is 0.254 e. The lowest BCUT2D eigenvalue weighted by molar-refractivity contribution is 0.0730. The lowest BCUT2D eigenvalue weighted by atomic mass is 10.1. The summed E-state index contributed by atoms with van der Waals surface area (Å²) in [7, 11) is 1.89. The molecule has 0 radical (unpaired) electrons. The van der Waals surface area contributed by atoms with E-state index < -0.39 is 0 Å². The third-order valence-electron chi connectivity index (χ3n) is 5.77. The second kappa shape index (κ2) is 7.67. The first-order valence-corrected chi connectivity index (χ1v) is 10.2. The number of carbonyl (C=O) groups excluding carboxylic acids is 1. The fraction of sp³-hybridized carbons (Fsp3) is 0.200. The summed E-state index contributed by atoms with van der Waals surface area (Å²) in [5.74, 6) is 0.674. The van der Waals surface area contributed by atoms with Gasteiger partial charge in [0.1, 0.15) is 18.0 Å². The van der Waals surface area contributed by atoms with Crippen LogP contribution in [0.2, 0.25) is 0 Å². The zero-order valence-electron chi connectivity index (χ0n) is 16.9. The number of ether oxygens (including phenoxy) is 1. The molecular weight excluding hydrogens is 374 g/mol. The zero-order valence-corrected chi connectivity index (χ0v) is 16.9. The second-order valence-corrected chi connectivity index (χ2v) is 7.68. The zero-order chi connectivity index (χ0) is 20.5. The third kappa shape index (κ3) is 3.43. The summed E-state index contributed by atoms with van der Waals surface area (Å²) < 4.78 is 7.89. The number of nitrogens with zero attached hydrogens (tertiary/aromatic N) is 3. The molecule has 150 valence electrons. The highest BCUT2D eigenvalue weighted by Crippen LogP contribution is 2.35. The summed E-state index contributed by atoms with van der Waals surface area (Å²) in [5.41, 5.74) is 4.96. The minimum atomic E-state index is 0.00915. The molecule has 0 spiro atoms. The highest BCUT2D eigenvalue weighted by Gasteiger charge is 2.28. The van der Waals surface area contributed by atoms with Crippen molar-refractivity contribution in [2.24, 2.45) is 0 Å². The largest absolute Gasteiger partial charge is 0.487 e. The average Bonchev–Trinajstić information content (AvgIpc) is 3.41. The van der Waals surface area contributed by atoms with E-state index in [0.29, 0.717) is 17.9 Å². The maximum atomic E-state index is 13.1. The Hall–Kier alpha value is -3.60. The fourth-order valence-corrected chi connectivity index (χ4v) is 4.22. The van der Waals surface area contributed by atoms with E-state index in [2.05, 4.69) is 23.2 Å². The lowest BCUT2D eigenvalue weighted by Gasteiger charge is -2.25. The number of hydrogen-bond acceptors (Lipinski definition) is 3. The van der Waals surface area contributed by atoms with Crippen molar-refractivity contribution in [1.29, 1.82) is 0 Å². The lowest BCUT2D eigenvalue weighted by Crippen LogP contribution is -2.30.